The molecule has 0 aliphatic heterocycles. The highest BCUT2D eigenvalue weighted by Gasteiger charge is 2.29. The van der Waals surface area contributed by atoms with Crippen LogP contribution < -0.4 is 14.8 Å². The Balaban J connectivity index is 1.87. The van der Waals surface area contributed by atoms with E-state index in [1.807, 2.05) is 12.1 Å². The van der Waals surface area contributed by atoms with Crippen molar-refractivity contribution >= 4 is 23.2 Å². The molecule has 1 amide bonds. The summed E-state index contributed by atoms with van der Waals surface area (Å²) in [5.74, 6) is -0.456. The predicted octanol–water partition coefficient (Wildman–Crippen LogP) is 5.33. The number of nitrogens with zero attached hydrogens (tertiary/aromatic N) is 1. The minimum absolute atomic E-state index is 0.0920. The molecule has 5 nitrogen and oxygen atoms in total. The average Bonchev–Trinajstić information content (AvgIpc) is 3.21. The van der Waals surface area contributed by atoms with Crippen molar-refractivity contribution in [2.75, 3.05) is 19.0 Å². The summed E-state index contributed by atoms with van der Waals surface area (Å²) in [6.07, 6.45) is -0.925. The molecule has 0 aliphatic carbocycles. The number of rotatable bonds is 6. The molecule has 0 atom stereocenters. The van der Waals surface area contributed by atoms with E-state index in [0.717, 1.165) is 0 Å². The number of methoxy groups -OCH3 is 1. The van der Waals surface area contributed by atoms with E-state index < -0.39 is 18.7 Å². The third-order valence-electron chi connectivity index (χ3n) is 3.92. The van der Waals surface area contributed by atoms with E-state index in [-0.39, 0.29) is 22.7 Å². The lowest BCUT2D eigenvalue weighted by Crippen LogP contribution is -2.20. The first-order valence-electron chi connectivity index (χ1n) is 8.39. The van der Waals surface area contributed by atoms with Gasteiger partial charge in [-0.25, -0.2) is 0 Å². The van der Waals surface area contributed by atoms with Crippen LogP contribution in [0.5, 0.6) is 11.5 Å². The van der Waals surface area contributed by atoms with Crippen LogP contribution in [-0.4, -0.2) is 30.4 Å². The molecule has 0 aliphatic rings. The maximum absolute atomic E-state index is 12.8. The van der Waals surface area contributed by atoms with E-state index in [1.165, 1.54) is 31.4 Å². The summed E-state index contributed by atoms with van der Waals surface area (Å²) in [6, 6.07) is 12.5. The van der Waals surface area contributed by atoms with Gasteiger partial charge in [0, 0.05) is 18.5 Å². The van der Waals surface area contributed by atoms with Crippen LogP contribution in [0.1, 0.15) is 10.4 Å². The fourth-order valence-electron chi connectivity index (χ4n) is 2.63. The molecule has 0 fully saturated rings. The molecule has 1 aromatic heterocycles. The summed E-state index contributed by atoms with van der Waals surface area (Å²) < 4.78 is 49.2. The number of halogens is 4. The van der Waals surface area contributed by atoms with Gasteiger partial charge < -0.3 is 19.4 Å². The Labute approximate surface area is 169 Å². The predicted molar refractivity (Wildman–Crippen MR) is 103 cm³/mol. The summed E-state index contributed by atoms with van der Waals surface area (Å²) in [5, 5.41) is 2.84. The number of hydrogen-bond acceptors (Lipinski definition) is 3. The van der Waals surface area contributed by atoms with Gasteiger partial charge in [0.05, 0.1) is 29.1 Å². The molecular weight excluding hydrogens is 409 g/mol. The quantitative estimate of drug-likeness (QED) is 0.581. The lowest BCUT2D eigenvalue weighted by atomic mass is 10.1. The normalized spacial score (nSPS) is 11.2. The van der Waals surface area contributed by atoms with Crippen LogP contribution in [-0.2, 0) is 0 Å². The second-order valence-electron chi connectivity index (χ2n) is 5.95. The van der Waals surface area contributed by atoms with Gasteiger partial charge in [-0.3, -0.25) is 4.79 Å². The minimum Gasteiger partial charge on any atom is -0.496 e. The number of aromatic nitrogens is 1. The largest absolute Gasteiger partial charge is 0.496 e. The molecule has 0 saturated carbocycles. The van der Waals surface area contributed by atoms with Crippen molar-refractivity contribution in [2.24, 2.45) is 0 Å². The van der Waals surface area contributed by atoms with Crippen LogP contribution in [0.15, 0.2) is 60.9 Å². The van der Waals surface area contributed by atoms with Crippen molar-refractivity contribution in [3.05, 3.63) is 71.5 Å². The van der Waals surface area contributed by atoms with Gasteiger partial charge >= 0.3 is 6.18 Å². The van der Waals surface area contributed by atoms with E-state index in [1.54, 1.807) is 29.1 Å². The topological polar surface area (TPSA) is 52.5 Å². The first-order chi connectivity index (χ1) is 13.8. The molecule has 1 N–H and O–H groups in total. The van der Waals surface area contributed by atoms with Gasteiger partial charge in [0.1, 0.15) is 11.5 Å². The molecule has 0 radical (unpaired) electrons. The number of carbonyl (C=O) groups is 1. The van der Waals surface area contributed by atoms with Crippen LogP contribution in [0.2, 0.25) is 5.02 Å². The summed E-state index contributed by atoms with van der Waals surface area (Å²) in [6.45, 7) is -1.47. The Morgan fingerprint density at radius 1 is 1.10 bits per heavy atom. The molecule has 152 valence electrons. The molecule has 0 bridgehead atoms. The molecule has 1 heterocycles. The molecule has 9 heteroatoms. The zero-order valence-corrected chi connectivity index (χ0v) is 15.9. The Morgan fingerprint density at radius 2 is 1.79 bits per heavy atom. The van der Waals surface area contributed by atoms with E-state index in [9.17, 15) is 18.0 Å². The standard InChI is InChI=1S/C20H16ClF3N2O3/c1-28-18-11-16(26-8-4-5-9-26)14(21)10-13(18)19(27)25-15-6-2-3-7-17(15)29-12-20(22,23)24/h2-11H,12H2,1H3,(H,25,27). The van der Waals surface area contributed by atoms with Crippen LogP contribution >= 0.6 is 11.6 Å². The third-order valence-corrected chi connectivity index (χ3v) is 4.23. The Morgan fingerprint density at radius 3 is 2.45 bits per heavy atom. The van der Waals surface area contributed by atoms with Gasteiger partial charge in [-0.15, -0.1) is 0 Å². The minimum atomic E-state index is -4.50. The smallest absolute Gasteiger partial charge is 0.422 e. The first kappa shape index (κ1) is 20.6. The number of amides is 1. The van der Waals surface area contributed by atoms with Gasteiger partial charge in [0.25, 0.3) is 5.91 Å². The van der Waals surface area contributed by atoms with Crippen LogP contribution in [0.25, 0.3) is 5.69 Å². The van der Waals surface area contributed by atoms with E-state index in [0.29, 0.717) is 10.7 Å². The SMILES string of the molecule is COc1cc(-n2cccc2)c(Cl)cc1C(=O)Nc1ccccc1OCC(F)(F)F. The van der Waals surface area contributed by atoms with E-state index in [2.05, 4.69) is 5.32 Å². The zero-order chi connectivity index (χ0) is 21.0. The van der Waals surface area contributed by atoms with Crippen molar-refractivity contribution in [1.29, 1.82) is 0 Å². The van der Waals surface area contributed by atoms with Crippen molar-refractivity contribution in [3.63, 3.8) is 0 Å². The van der Waals surface area contributed by atoms with Crippen molar-refractivity contribution < 1.29 is 27.4 Å². The zero-order valence-electron chi connectivity index (χ0n) is 15.2. The number of anilines is 1. The Bertz CT molecular complexity index is 1000. The second kappa shape index (κ2) is 8.48. The average molecular weight is 425 g/mol. The van der Waals surface area contributed by atoms with Gasteiger partial charge in [0.15, 0.2) is 6.61 Å². The van der Waals surface area contributed by atoms with Crippen molar-refractivity contribution in [3.8, 4) is 17.2 Å². The number of alkyl halides is 3. The van der Waals surface area contributed by atoms with Crippen molar-refractivity contribution in [1.82, 2.24) is 4.57 Å². The van der Waals surface area contributed by atoms with Gasteiger partial charge in [-0.05, 0) is 30.3 Å². The molecule has 2 aromatic carbocycles. The van der Waals surface area contributed by atoms with E-state index in [4.69, 9.17) is 21.1 Å². The number of hydrogen-bond donors (Lipinski definition) is 1. The van der Waals surface area contributed by atoms with Gasteiger partial charge in [-0.2, -0.15) is 13.2 Å². The van der Waals surface area contributed by atoms with Crippen molar-refractivity contribution in [2.45, 2.75) is 6.18 Å². The first-order valence-corrected chi connectivity index (χ1v) is 8.77. The monoisotopic (exact) mass is 424 g/mol. The van der Waals surface area contributed by atoms with Crippen LogP contribution in [0.4, 0.5) is 18.9 Å². The number of nitrogens with one attached hydrogen (secondary N) is 1. The highest BCUT2D eigenvalue weighted by molar-refractivity contribution is 6.33. The molecule has 3 aromatic rings. The number of para-hydroxylation sites is 2. The van der Waals surface area contributed by atoms with E-state index >= 15 is 0 Å². The maximum atomic E-state index is 12.8. The van der Waals surface area contributed by atoms with Crippen LogP contribution in [0.3, 0.4) is 0 Å². The number of ether oxygens (including phenoxy) is 2. The second-order valence-corrected chi connectivity index (χ2v) is 6.36. The Kier molecular flexibility index (Phi) is 6.03. The molecule has 29 heavy (non-hydrogen) atoms. The lowest BCUT2D eigenvalue weighted by molar-refractivity contribution is -0.153. The summed E-state index contributed by atoms with van der Waals surface area (Å²) in [7, 11) is 1.40. The van der Waals surface area contributed by atoms with Crippen LogP contribution in [0, 0.1) is 0 Å². The summed E-state index contributed by atoms with van der Waals surface area (Å²) in [5.41, 5.74) is 0.826. The molecular formula is C20H16ClF3N2O3. The molecule has 0 saturated heterocycles. The summed E-state index contributed by atoms with van der Waals surface area (Å²) in [4.78, 5) is 12.8. The number of carbonyl (C=O) groups excluding carboxylic acids is 1. The number of benzene rings is 2. The fraction of sp³-hybridized carbons (Fsp3) is 0.150. The molecule has 0 spiro atoms. The highest BCUT2D eigenvalue weighted by atomic mass is 35.5. The fourth-order valence-corrected chi connectivity index (χ4v) is 2.89. The third kappa shape index (κ3) is 5.03. The molecule has 3 rings (SSSR count). The summed E-state index contributed by atoms with van der Waals surface area (Å²) >= 11 is 6.32. The van der Waals surface area contributed by atoms with Gasteiger partial charge in [-0.1, -0.05) is 23.7 Å². The Hall–Kier alpha value is -3.13. The van der Waals surface area contributed by atoms with Gasteiger partial charge in [0.2, 0.25) is 0 Å². The maximum Gasteiger partial charge on any atom is 0.422 e. The molecule has 0 unspecified atom stereocenters. The highest BCUT2D eigenvalue weighted by Crippen LogP contribution is 2.32. The lowest BCUT2D eigenvalue weighted by Gasteiger charge is -2.16.